The summed E-state index contributed by atoms with van der Waals surface area (Å²) in [6.45, 7) is 4.11. The Kier molecular flexibility index (Phi) is 3.72. The lowest BCUT2D eigenvalue weighted by Crippen LogP contribution is -2.42. The molecule has 3 aromatic rings. The van der Waals surface area contributed by atoms with Gasteiger partial charge in [0, 0.05) is 11.2 Å². The molecule has 2 unspecified atom stereocenters. The second-order valence-electron chi connectivity index (χ2n) is 7.92. The molecule has 5 rings (SSSR count). The Balaban J connectivity index is 1.59. The predicted molar refractivity (Wildman–Crippen MR) is 108 cm³/mol. The Morgan fingerprint density at radius 3 is 2.56 bits per heavy atom. The Morgan fingerprint density at radius 1 is 1.11 bits per heavy atom. The van der Waals surface area contributed by atoms with Crippen LogP contribution in [0.15, 0.2) is 48.7 Å². The maximum Gasteiger partial charge on any atom is 0.163 e. The number of aryl methyl sites for hydroxylation is 2. The molecule has 2 aliphatic rings. The molecule has 1 fully saturated rings. The number of nitrogens with zero attached hydrogens (tertiary/aromatic N) is 4. The van der Waals surface area contributed by atoms with Gasteiger partial charge in [-0.25, -0.2) is 0 Å². The van der Waals surface area contributed by atoms with E-state index in [1.165, 1.54) is 24.0 Å². The molecule has 0 amide bonds. The highest BCUT2D eigenvalue weighted by Gasteiger charge is 2.51. The molecule has 0 saturated heterocycles. The van der Waals surface area contributed by atoms with Crippen molar-refractivity contribution in [2.45, 2.75) is 38.3 Å². The van der Waals surface area contributed by atoms with Crippen molar-refractivity contribution < 1.29 is 0 Å². The molecule has 0 radical (unpaired) electrons. The van der Waals surface area contributed by atoms with Crippen LogP contribution in [0.2, 0.25) is 5.02 Å². The Bertz CT molecular complexity index is 1050. The number of halogens is 1. The van der Waals surface area contributed by atoms with Gasteiger partial charge in [-0.2, -0.15) is 0 Å². The third-order valence-electron chi connectivity index (χ3n) is 6.26. The highest BCUT2D eigenvalue weighted by molar-refractivity contribution is 6.30. The summed E-state index contributed by atoms with van der Waals surface area (Å²) in [4.78, 5) is 2.52. The summed E-state index contributed by atoms with van der Waals surface area (Å²) in [7, 11) is 2.25. The second kappa shape index (κ2) is 5.91. The number of rotatable bonds is 3. The van der Waals surface area contributed by atoms with E-state index in [0.717, 1.165) is 22.1 Å². The lowest BCUT2D eigenvalue weighted by Gasteiger charge is -2.40. The molecule has 138 valence electrons. The molecular formula is C22H23ClN4. The molecule has 27 heavy (non-hydrogen) atoms. The molecule has 5 heteroatoms. The highest BCUT2D eigenvalue weighted by Crippen LogP contribution is 2.55. The van der Waals surface area contributed by atoms with Gasteiger partial charge < -0.3 is 0 Å². The average Bonchev–Trinajstić information content (AvgIpc) is 3.36. The molecular weight excluding hydrogens is 356 g/mol. The maximum absolute atomic E-state index is 6.15. The molecule has 0 bridgehead atoms. The van der Waals surface area contributed by atoms with Crippen LogP contribution in [-0.2, 0) is 5.54 Å². The third-order valence-corrected chi connectivity index (χ3v) is 6.51. The standard InChI is InChI=1S/C22H23ClN4/c1-14-12-16(13-27-15(2)24-25-21(14)27)20-10-11-22(26(20)3,17-4-5-17)18-6-8-19(23)9-7-18/h6-13,17,20H,4-5H2,1-3H3. The van der Waals surface area contributed by atoms with E-state index >= 15 is 0 Å². The van der Waals surface area contributed by atoms with Crippen molar-refractivity contribution in [3.8, 4) is 0 Å². The van der Waals surface area contributed by atoms with E-state index in [4.69, 9.17) is 11.6 Å². The number of aromatic nitrogens is 3. The van der Waals surface area contributed by atoms with Gasteiger partial charge in [-0.1, -0.05) is 35.9 Å². The largest absolute Gasteiger partial charge is 0.286 e. The minimum atomic E-state index is -0.0552. The first-order chi connectivity index (χ1) is 13.0. The zero-order chi connectivity index (χ0) is 18.8. The van der Waals surface area contributed by atoms with Crippen molar-refractivity contribution in [1.29, 1.82) is 0 Å². The van der Waals surface area contributed by atoms with Crippen LogP contribution in [0.3, 0.4) is 0 Å². The fourth-order valence-corrected chi connectivity index (χ4v) is 4.83. The molecule has 1 aliphatic heterocycles. The zero-order valence-electron chi connectivity index (χ0n) is 15.9. The van der Waals surface area contributed by atoms with Gasteiger partial charge in [0.15, 0.2) is 5.65 Å². The first kappa shape index (κ1) is 17.0. The fourth-order valence-electron chi connectivity index (χ4n) is 4.70. The maximum atomic E-state index is 6.15. The van der Waals surface area contributed by atoms with Gasteiger partial charge in [0.25, 0.3) is 0 Å². The Hall–Kier alpha value is -2.17. The number of benzene rings is 1. The molecule has 3 heterocycles. The SMILES string of the molecule is Cc1cc(C2C=CC(c3ccc(Cl)cc3)(C3CC3)N2C)cn2c(C)nnc12. The predicted octanol–water partition coefficient (Wildman–Crippen LogP) is 4.85. The van der Waals surface area contributed by atoms with Gasteiger partial charge in [-0.15, -0.1) is 10.2 Å². The number of pyridine rings is 1. The summed E-state index contributed by atoms with van der Waals surface area (Å²) in [5.74, 6) is 1.58. The van der Waals surface area contributed by atoms with Crippen molar-refractivity contribution in [2.24, 2.45) is 5.92 Å². The smallest absolute Gasteiger partial charge is 0.163 e. The van der Waals surface area contributed by atoms with Crippen LogP contribution >= 0.6 is 11.6 Å². The van der Waals surface area contributed by atoms with Crippen LogP contribution in [0.4, 0.5) is 0 Å². The van der Waals surface area contributed by atoms with Crippen molar-refractivity contribution in [1.82, 2.24) is 19.5 Å². The van der Waals surface area contributed by atoms with Crippen molar-refractivity contribution in [3.63, 3.8) is 0 Å². The summed E-state index contributed by atoms with van der Waals surface area (Å²) >= 11 is 6.15. The quantitative estimate of drug-likeness (QED) is 0.611. The first-order valence-electron chi connectivity index (χ1n) is 9.51. The summed E-state index contributed by atoms with van der Waals surface area (Å²) in [6, 6.07) is 10.9. The van der Waals surface area contributed by atoms with Gasteiger partial charge in [0.2, 0.25) is 0 Å². The van der Waals surface area contributed by atoms with Crippen LogP contribution in [-0.4, -0.2) is 26.5 Å². The molecule has 0 spiro atoms. The Morgan fingerprint density at radius 2 is 1.85 bits per heavy atom. The van der Waals surface area contributed by atoms with Gasteiger partial charge >= 0.3 is 0 Å². The van der Waals surface area contributed by atoms with E-state index in [1.54, 1.807) is 0 Å². The number of hydrogen-bond donors (Lipinski definition) is 0. The zero-order valence-corrected chi connectivity index (χ0v) is 16.6. The third kappa shape index (κ3) is 2.47. The van der Waals surface area contributed by atoms with Crippen LogP contribution in [0.25, 0.3) is 5.65 Å². The van der Waals surface area contributed by atoms with E-state index < -0.39 is 0 Å². The first-order valence-corrected chi connectivity index (χ1v) is 9.89. The topological polar surface area (TPSA) is 33.4 Å². The number of hydrogen-bond acceptors (Lipinski definition) is 3. The van der Waals surface area contributed by atoms with E-state index in [1.807, 2.05) is 19.1 Å². The van der Waals surface area contributed by atoms with E-state index in [2.05, 4.69) is 70.0 Å². The van der Waals surface area contributed by atoms with Crippen molar-refractivity contribution in [2.75, 3.05) is 7.05 Å². The van der Waals surface area contributed by atoms with Crippen LogP contribution < -0.4 is 0 Å². The van der Waals surface area contributed by atoms with Gasteiger partial charge in [0.05, 0.1) is 11.6 Å². The fraction of sp³-hybridized carbons (Fsp3) is 0.364. The van der Waals surface area contributed by atoms with Gasteiger partial charge in [0.1, 0.15) is 5.82 Å². The van der Waals surface area contributed by atoms with E-state index in [0.29, 0.717) is 5.92 Å². The number of likely N-dealkylation sites (N-methyl/N-ethyl adjacent to an activating group) is 1. The molecule has 0 N–H and O–H groups in total. The molecule has 4 nitrogen and oxygen atoms in total. The second-order valence-corrected chi connectivity index (χ2v) is 8.36. The van der Waals surface area contributed by atoms with Gasteiger partial charge in [-0.3, -0.25) is 9.30 Å². The summed E-state index contributed by atoms with van der Waals surface area (Å²) in [5.41, 5.74) is 4.64. The summed E-state index contributed by atoms with van der Waals surface area (Å²) in [5, 5.41) is 9.32. The monoisotopic (exact) mass is 378 g/mol. The number of fused-ring (bicyclic) bond motifs is 1. The average molecular weight is 379 g/mol. The van der Waals surface area contributed by atoms with E-state index in [-0.39, 0.29) is 11.6 Å². The highest BCUT2D eigenvalue weighted by atomic mass is 35.5. The van der Waals surface area contributed by atoms with Crippen molar-refractivity contribution >= 4 is 17.2 Å². The minimum Gasteiger partial charge on any atom is -0.286 e. The molecule has 2 aromatic heterocycles. The minimum absolute atomic E-state index is 0.0552. The van der Waals surface area contributed by atoms with Crippen LogP contribution in [0, 0.1) is 19.8 Å². The normalized spacial score (nSPS) is 25.6. The van der Waals surface area contributed by atoms with Crippen molar-refractivity contribution in [3.05, 3.63) is 76.2 Å². The van der Waals surface area contributed by atoms with Gasteiger partial charge in [-0.05, 0) is 74.5 Å². The molecule has 2 atom stereocenters. The van der Waals surface area contributed by atoms with E-state index in [9.17, 15) is 0 Å². The Labute approximate surface area is 164 Å². The molecule has 1 aliphatic carbocycles. The summed E-state index contributed by atoms with van der Waals surface area (Å²) < 4.78 is 2.10. The molecule has 1 saturated carbocycles. The van der Waals surface area contributed by atoms with Crippen LogP contribution in [0.5, 0.6) is 0 Å². The summed E-state index contributed by atoms with van der Waals surface area (Å²) in [6.07, 6.45) is 9.50. The molecule has 1 aromatic carbocycles. The lowest BCUT2D eigenvalue weighted by molar-refractivity contribution is 0.132. The lowest BCUT2D eigenvalue weighted by atomic mass is 9.84. The van der Waals surface area contributed by atoms with Crippen LogP contribution in [0.1, 0.15) is 41.4 Å².